The molecule has 8 amide bonds. The van der Waals surface area contributed by atoms with Gasteiger partial charge in [-0.15, -0.1) is 0 Å². The summed E-state index contributed by atoms with van der Waals surface area (Å²) in [5.74, 6) is -8.85. The Kier molecular flexibility index (Phi) is 21.1. The van der Waals surface area contributed by atoms with E-state index in [4.69, 9.17) is 10.5 Å². The maximum Gasteiger partial charge on any atom is 0.329 e. The lowest BCUT2D eigenvalue weighted by molar-refractivity contribution is -0.165. The second-order valence-corrected chi connectivity index (χ2v) is 18.2. The van der Waals surface area contributed by atoms with E-state index in [1.165, 1.54) is 33.0 Å². The number of benzene rings is 2. The molecule has 70 heavy (non-hydrogen) atoms. The number of nitrogens with zero attached hydrogens (tertiary/aromatic N) is 2. The average molecular weight is 979 g/mol. The molecule has 0 spiro atoms. The first kappa shape index (κ1) is 56.0. The van der Waals surface area contributed by atoms with Crippen molar-refractivity contribution in [1.82, 2.24) is 36.4 Å². The van der Waals surface area contributed by atoms with E-state index in [1.807, 2.05) is 6.92 Å². The van der Waals surface area contributed by atoms with Crippen molar-refractivity contribution in [1.29, 1.82) is 0 Å². The number of hydrogen-bond acceptors (Lipinski definition) is 13. The number of primary amides is 1. The molecule has 0 aliphatic carbocycles. The van der Waals surface area contributed by atoms with E-state index < -0.39 is 133 Å². The van der Waals surface area contributed by atoms with Crippen molar-refractivity contribution in [3.8, 4) is 5.75 Å². The molecule has 0 unspecified atom stereocenters. The molecule has 2 bridgehead atoms. The predicted octanol–water partition coefficient (Wildman–Crippen LogP) is -0.0442. The van der Waals surface area contributed by atoms with E-state index in [0.29, 0.717) is 24.0 Å². The second-order valence-electron chi connectivity index (χ2n) is 18.2. The molecule has 2 saturated heterocycles. The first-order chi connectivity index (χ1) is 33.2. The third-order valence-corrected chi connectivity index (χ3v) is 12.8. The van der Waals surface area contributed by atoms with Gasteiger partial charge in [0.1, 0.15) is 60.4 Å². The minimum absolute atomic E-state index is 0.0370. The number of unbranched alkanes of at least 4 members (excludes halogenated alkanes) is 2. The van der Waals surface area contributed by atoms with Crippen molar-refractivity contribution in [2.24, 2.45) is 11.7 Å². The van der Waals surface area contributed by atoms with E-state index in [0.717, 1.165) is 22.6 Å². The minimum Gasteiger partial charge on any atom is -0.508 e. The van der Waals surface area contributed by atoms with Crippen molar-refractivity contribution in [2.75, 3.05) is 7.05 Å². The molecule has 0 radical (unpaired) electrons. The number of hydrogen-bond donors (Lipinski definition) is 9. The number of piperidine rings is 1. The molecule has 2 heterocycles. The van der Waals surface area contributed by atoms with Crippen LogP contribution in [0.1, 0.15) is 104 Å². The fraction of sp³-hybridized carbons (Fsp3) is 0.571. The van der Waals surface area contributed by atoms with Gasteiger partial charge in [0.15, 0.2) is 0 Å². The number of amides is 8. The molecule has 4 rings (SSSR count). The number of carbonyl (C=O) groups is 9. The van der Waals surface area contributed by atoms with Crippen LogP contribution in [-0.4, -0.2) is 146 Å². The molecule has 2 fully saturated rings. The third-order valence-electron chi connectivity index (χ3n) is 12.8. The van der Waals surface area contributed by atoms with Gasteiger partial charge in [-0.3, -0.25) is 38.4 Å². The van der Waals surface area contributed by atoms with Crippen molar-refractivity contribution < 1.29 is 63.2 Å². The third kappa shape index (κ3) is 15.4. The minimum atomic E-state index is -1.86. The molecule has 0 aromatic heterocycles. The van der Waals surface area contributed by atoms with Crippen LogP contribution in [0.4, 0.5) is 0 Å². The van der Waals surface area contributed by atoms with Gasteiger partial charge in [0.2, 0.25) is 47.3 Å². The number of phenolic OH excluding ortho intramolecular Hbond substituents is 1. The van der Waals surface area contributed by atoms with Gasteiger partial charge in [-0.2, -0.15) is 0 Å². The van der Waals surface area contributed by atoms with E-state index >= 15 is 4.79 Å². The largest absolute Gasteiger partial charge is 0.508 e. The lowest BCUT2D eigenvalue weighted by Crippen LogP contribution is -2.65. The smallest absolute Gasteiger partial charge is 0.329 e. The highest BCUT2D eigenvalue weighted by Gasteiger charge is 2.46. The fourth-order valence-corrected chi connectivity index (χ4v) is 8.35. The lowest BCUT2D eigenvalue weighted by Gasteiger charge is -2.43. The zero-order valence-corrected chi connectivity index (χ0v) is 40.7. The van der Waals surface area contributed by atoms with Gasteiger partial charge < -0.3 is 62.2 Å². The highest BCUT2D eigenvalue weighted by molar-refractivity contribution is 5.98. The van der Waals surface area contributed by atoms with Crippen LogP contribution < -0.4 is 32.3 Å². The van der Waals surface area contributed by atoms with Gasteiger partial charge in [0.05, 0.1) is 6.10 Å². The highest BCUT2D eigenvalue weighted by Crippen LogP contribution is 2.26. The Morgan fingerprint density at radius 3 is 2.09 bits per heavy atom. The summed E-state index contributed by atoms with van der Waals surface area (Å²) in [7, 11) is 1.34. The predicted molar refractivity (Wildman–Crippen MR) is 253 cm³/mol. The Labute approximate surface area is 408 Å². The number of nitrogens with two attached hydrogens (primary N) is 1. The normalized spacial score (nSPS) is 25.4. The molecule has 21 nitrogen and oxygen atoms in total. The number of nitrogens with one attached hydrogen (secondary N) is 5. The summed E-state index contributed by atoms with van der Waals surface area (Å²) >= 11 is 0. The number of esters is 1. The number of phenols is 1. The van der Waals surface area contributed by atoms with Gasteiger partial charge in [-0.1, -0.05) is 82.5 Å². The van der Waals surface area contributed by atoms with Crippen LogP contribution in [0.3, 0.4) is 0 Å². The zero-order valence-electron chi connectivity index (χ0n) is 40.7. The highest BCUT2D eigenvalue weighted by atomic mass is 16.5. The lowest BCUT2D eigenvalue weighted by atomic mass is 9.95. The van der Waals surface area contributed by atoms with Gasteiger partial charge in [-0.25, -0.2) is 4.79 Å². The molecular weight excluding hydrogens is 909 g/mol. The Bertz CT molecular complexity index is 2160. The van der Waals surface area contributed by atoms with Crippen LogP contribution in [-0.2, 0) is 60.7 Å². The Morgan fingerprint density at radius 1 is 0.829 bits per heavy atom. The van der Waals surface area contributed by atoms with Crippen LogP contribution in [0, 0.1) is 5.92 Å². The molecule has 2 aromatic rings. The van der Waals surface area contributed by atoms with Crippen molar-refractivity contribution in [3.63, 3.8) is 0 Å². The van der Waals surface area contributed by atoms with Crippen LogP contribution in [0.5, 0.6) is 5.75 Å². The van der Waals surface area contributed by atoms with Gasteiger partial charge >= 0.3 is 5.97 Å². The second kappa shape index (κ2) is 26.4. The van der Waals surface area contributed by atoms with Crippen LogP contribution >= 0.6 is 0 Å². The molecule has 2 aromatic carbocycles. The number of rotatable bonds is 17. The van der Waals surface area contributed by atoms with Gasteiger partial charge in [0.25, 0.3) is 0 Å². The number of likely N-dealkylation sites (N-methyl/N-ethyl adjacent to an activating group) is 1. The topological polar surface area (TPSA) is 316 Å². The number of cyclic esters (lactones) is 1. The number of fused-ring (bicyclic) bond motifs is 2. The molecule has 21 heteroatoms. The van der Waals surface area contributed by atoms with Crippen molar-refractivity contribution >= 4 is 53.2 Å². The quantitative estimate of drug-likeness (QED) is 0.0744. The number of ether oxygens (including phenoxy) is 1. The molecule has 11 atom stereocenters. The van der Waals surface area contributed by atoms with Crippen LogP contribution in [0.25, 0.3) is 0 Å². The van der Waals surface area contributed by atoms with E-state index in [-0.39, 0.29) is 37.9 Å². The zero-order chi connectivity index (χ0) is 51.8. The summed E-state index contributed by atoms with van der Waals surface area (Å²) in [6, 6.07) is 3.69. The van der Waals surface area contributed by atoms with Gasteiger partial charge in [-0.05, 0) is 68.7 Å². The standard InChI is InChI=1S/C49H70N8O13/c1-7-9-11-16-38(61)53-41(28(4)58)45(65)55-42-29(5)70-49(69)40(27(3)8-2)54-44(64)35(25-31-17-19-32(59)20-18-31)56(6)48(68)36(26-30-14-12-10-13-15-30)57-39(62)24-22-34(47(57)67)52-43(63)33(51-46(42)66)21-23-37(50)60/h10,12-15,17-20,27-29,33-36,39-42,58-59,62H,7-9,11,16,21-26H2,1-6H3,(H2,50,60)(H,51,66)(H,52,63)(H,53,61)(H,54,64)(H,55,65)/t27-,28+,29+,33-,34-,35-,36-,39+,40-,41-,42-/m0/s1. The average Bonchev–Trinajstić information content (AvgIpc) is 3.32. The van der Waals surface area contributed by atoms with Crippen molar-refractivity contribution in [3.05, 3.63) is 65.7 Å². The first-order valence-corrected chi connectivity index (χ1v) is 23.9. The number of aliphatic hydroxyl groups excluding tert-OH is 2. The fourth-order valence-electron chi connectivity index (χ4n) is 8.35. The molecule has 2 aliphatic rings. The van der Waals surface area contributed by atoms with E-state index in [2.05, 4.69) is 26.6 Å². The first-order valence-electron chi connectivity index (χ1n) is 23.9. The SMILES string of the molecule is CCCCCC(=O)N[C@H](C(=O)N[C@@H]1C(=O)N[C@@H](CCC(N)=O)C(=O)N[C@H]2CC[C@@H](O)N(C2=O)[C@@H](Cc2ccccc2)C(=O)N(C)[C@@H](Cc2ccc(O)cc2)C(=O)N[C@@H]([C@@H](C)CC)C(=O)O[C@@H]1C)[C@@H](C)O. The summed E-state index contributed by atoms with van der Waals surface area (Å²) in [4.78, 5) is 128. The summed E-state index contributed by atoms with van der Waals surface area (Å²) in [5, 5.41) is 45.0. The van der Waals surface area contributed by atoms with E-state index in [1.54, 1.807) is 56.3 Å². The number of carbonyl (C=O) groups excluding carboxylic acids is 9. The molecule has 2 aliphatic heterocycles. The monoisotopic (exact) mass is 979 g/mol. The summed E-state index contributed by atoms with van der Waals surface area (Å²) in [6.45, 7) is 7.83. The maximum atomic E-state index is 15.0. The maximum absolute atomic E-state index is 15.0. The van der Waals surface area contributed by atoms with Crippen molar-refractivity contribution in [2.45, 2.75) is 166 Å². The van der Waals surface area contributed by atoms with Gasteiger partial charge in [0, 0.05) is 32.7 Å². The number of aliphatic hydroxyl groups is 2. The Balaban J connectivity index is 1.88. The number of aromatic hydroxyl groups is 1. The van der Waals surface area contributed by atoms with Crippen LogP contribution in [0.2, 0.25) is 0 Å². The summed E-state index contributed by atoms with van der Waals surface area (Å²) in [6.07, 6.45) is -3.68. The molecule has 384 valence electrons. The van der Waals surface area contributed by atoms with E-state index in [9.17, 15) is 53.7 Å². The Morgan fingerprint density at radius 2 is 1.47 bits per heavy atom. The molecule has 10 N–H and O–H groups in total. The molecular formula is C49H70N8O13. The summed E-state index contributed by atoms with van der Waals surface area (Å²) in [5.41, 5.74) is 6.53. The molecule has 0 saturated carbocycles. The summed E-state index contributed by atoms with van der Waals surface area (Å²) < 4.78 is 5.87. The Hall–Kier alpha value is -6.61. The van der Waals surface area contributed by atoms with Crippen LogP contribution in [0.15, 0.2) is 54.6 Å².